The Hall–Kier alpha value is -2.73. The highest BCUT2D eigenvalue weighted by Crippen LogP contribution is 2.22. The number of nitrogens with zero attached hydrogens (tertiary/aromatic N) is 4. The average molecular weight is 423 g/mol. The van der Waals surface area contributed by atoms with Gasteiger partial charge in [0.15, 0.2) is 0 Å². The number of hydrogen-bond donors (Lipinski definition) is 0. The average Bonchev–Trinajstić information content (AvgIpc) is 2.74. The van der Waals surface area contributed by atoms with Crippen molar-refractivity contribution in [2.45, 2.75) is 0 Å². The van der Waals surface area contributed by atoms with Gasteiger partial charge in [-0.2, -0.15) is 0 Å². The number of aromatic nitrogens is 2. The summed E-state index contributed by atoms with van der Waals surface area (Å²) in [6.45, 7) is 2.86. The van der Waals surface area contributed by atoms with Gasteiger partial charge in [0.2, 0.25) is 0 Å². The van der Waals surface area contributed by atoms with Crippen molar-refractivity contribution in [2.24, 2.45) is 0 Å². The van der Waals surface area contributed by atoms with Gasteiger partial charge < -0.3 is 9.80 Å². The number of piperazine rings is 1. The van der Waals surface area contributed by atoms with Gasteiger partial charge in [-0.15, -0.1) is 0 Å². The summed E-state index contributed by atoms with van der Waals surface area (Å²) >= 11 is 3.43. The smallest absolute Gasteiger partial charge is 0.254 e. The number of carbonyl (C=O) groups excluding carboxylic acids is 1. The number of hydrogen-bond acceptors (Lipinski definition) is 4. The van der Waals surface area contributed by atoms with Crippen molar-refractivity contribution in [1.29, 1.82) is 0 Å². The molecule has 1 aliphatic heterocycles. The lowest BCUT2D eigenvalue weighted by atomic mass is 10.1. The maximum Gasteiger partial charge on any atom is 0.254 e. The summed E-state index contributed by atoms with van der Waals surface area (Å²) in [5, 5.41) is 0. The van der Waals surface area contributed by atoms with Crippen LogP contribution in [0, 0.1) is 0 Å². The minimum Gasteiger partial charge on any atom is -0.353 e. The van der Waals surface area contributed by atoms with Crippen LogP contribution in [-0.4, -0.2) is 47.0 Å². The molecule has 3 aromatic rings. The van der Waals surface area contributed by atoms with Gasteiger partial charge in [-0.05, 0) is 18.2 Å². The van der Waals surface area contributed by atoms with Crippen LogP contribution in [0.2, 0.25) is 0 Å². The number of benzene rings is 2. The normalized spacial score (nSPS) is 14.3. The van der Waals surface area contributed by atoms with E-state index in [2.05, 4.69) is 30.8 Å². The maximum absolute atomic E-state index is 12.7. The van der Waals surface area contributed by atoms with E-state index in [-0.39, 0.29) is 5.91 Å². The van der Waals surface area contributed by atoms with E-state index < -0.39 is 0 Å². The van der Waals surface area contributed by atoms with Crippen molar-refractivity contribution in [1.82, 2.24) is 14.9 Å². The van der Waals surface area contributed by atoms with E-state index in [1.54, 1.807) is 6.33 Å². The van der Waals surface area contributed by atoms with E-state index in [0.717, 1.165) is 34.6 Å². The molecule has 0 radical (unpaired) electrons. The van der Waals surface area contributed by atoms with Gasteiger partial charge in [0.1, 0.15) is 12.1 Å². The molecule has 0 spiro atoms. The fraction of sp³-hybridized carbons (Fsp3) is 0.190. The van der Waals surface area contributed by atoms with Gasteiger partial charge in [-0.3, -0.25) is 4.79 Å². The van der Waals surface area contributed by atoms with Crippen molar-refractivity contribution < 1.29 is 4.79 Å². The van der Waals surface area contributed by atoms with E-state index in [1.807, 2.05) is 65.6 Å². The van der Waals surface area contributed by atoms with E-state index in [0.29, 0.717) is 18.7 Å². The summed E-state index contributed by atoms with van der Waals surface area (Å²) in [5.41, 5.74) is 2.70. The molecule has 0 saturated carbocycles. The molecule has 0 aliphatic carbocycles. The van der Waals surface area contributed by atoms with Gasteiger partial charge in [0.25, 0.3) is 5.91 Å². The summed E-state index contributed by atoms with van der Waals surface area (Å²) in [6.07, 6.45) is 1.61. The van der Waals surface area contributed by atoms with Crippen LogP contribution in [0.1, 0.15) is 10.4 Å². The second-order valence-electron chi connectivity index (χ2n) is 6.42. The highest BCUT2D eigenvalue weighted by molar-refractivity contribution is 9.10. The molecule has 1 saturated heterocycles. The molecule has 0 unspecified atom stereocenters. The Morgan fingerprint density at radius 1 is 0.889 bits per heavy atom. The zero-order chi connectivity index (χ0) is 18.6. The van der Waals surface area contributed by atoms with Crippen LogP contribution in [0.25, 0.3) is 11.3 Å². The molecule has 136 valence electrons. The zero-order valence-electron chi connectivity index (χ0n) is 14.8. The molecule has 1 fully saturated rings. The van der Waals surface area contributed by atoms with Crippen molar-refractivity contribution in [3.63, 3.8) is 0 Å². The molecule has 0 N–H and O–H groups in total. The Balaban J connectivity index is 1.44. The van der Waals surface area contributed by atoms with E-state index in [1.165, 1.54) is 0 Å². The van der Waals surface area contributed by atoms with Gasteiger partial charge in [0.05, 0.1) is 5.69 Å². The summed E-state index contributed by atoms with van der Waals surface area (Å²) in [6, 6.07) is 19.6. The third kappa shape index (κ3) is 4.01. The van der Waals surface area contributed by atoms with Crippen LogP contribution in [-0.2, 0) is 0 Å². The van der Waals surface area contributed by atoms with Crippen molar-refractivity contribution in [2.75, 3.05) is 31.1 Å². The fourth-order valence-electron chi connectivity index (χ4n) is 3.23. The van der Waals surface area contributed by atoms with Gasteiger partial charge in [0, 0.05) is 47.8 Å². The first-order valence-electron chi connectivity index (χ1n) is 8.88. The van der Waals surface area contributed by atoms with E-state index >= 15 is 0 Å². The van der Waals surface area contributed by atoms with Crippen LogP contribution in [0.15, 0.2) is 71.5 Å². The predicted octanol–water partition coefficient (Wildman–Crippen LogP) is 3.87. The monoisotopic (exact) mass is 422 g/mol. The fourth-order valence-corrected chi connectivity index (χ4v) is 3.63. The number of amides is 1. The largest absolute Gasteiger partial charge is 0.353 e. The molecule has 1 amide bonds. The van der Waals surface area contributed by atoms with Gasteiger partial charge in [-0.1, -0.05) is 52.3 Å². The Morgan fingerprint density at radius 3 is 2.41 bits per heavy atom. The second kappa shape index (κ2) is 7.88. The standard InChI is InChI=1S/C21H19BrN4O/c22-18-8-4-7-17(13-18)21(27)26-11-9-25(10-12-26)20-14-19(23-15-24-20)16-5-2-1-3-6-16/h1-8,13-15H,9-12H2. The first-order valence-corrected chi connectivity index (χ1v) is 9.67. The molecule has 4 rings (SSSR count). The summed E-state index contributed by atoms with van der Waals surface area (Å²) < 4.78 is 0.918. The number of rotatable bonds is 3. The molecule has 0 atom stereocenters. The first kappa shape index (κ1) is 17.7. The summed E-state index contributed by atoms with van der Waals surface area (Å²) in [4.78, 5) is 25.6. The molecule has 2 heterocycles. The lowest BCUT2D eigenvalue weighted by molar-refractivity contribution is 0.0746. The third-order valence-electron chi connectivity index (χ3n) is 4.68. The van der Waals surface area contributed by atoms with Crippen molar-refractivity contribution in [3.8, 4) is 11.3 Å². The predicted molar refractivity (Wildman–Crippen MR) is 110 cm³/mol. The lowest BCUT2D eigenvalue weighted by Crippen LogP contribution is -2.49. The molecule has 5 nitrogen and oxygen atoms in total. The third-order valence-corrected chi connectivity index (χ3v) is 5.18. The maximum atomic E-state index is 12.7. The van der Waals surface area contributed by atoms with Crippen LogP contribution in [0.3, 0.4) is 0 Å². The number of carbonyl (C=O) groups is 1. The Kier molecular flexibility index (Phi) is 5.16. The van der Waals surface area contributed by atoms with E-state index in [4.69, 9.17) is 0 Å². The van der Waals surface area contributed by atoms with Gasteiger partial charge in [-0.25, -0.2) is 9.97 Å². The lowest BCUT2D eigenvalue weighted by Gasteiger charge is -2.35. The minimum absolute atomic E-state index is 0.0728. The van der Waals surface area contributed by atoms with E-state index in [9.17, 15) is 4.79 Å². The number of halogens is 1. The highest BCUT2D eigenvalue weighted by Gasteiger charge is 2.23. The van der Waals surface area contributed by atoms with Gasteiger partial charge >= 0.3 is 0 Å². The Morgan fingerprint density at radius 2 is 1.67 bits per heavy atom. The molecule has 0 bridgehead atoms. The molecular weight excluding hydrogens is 404 g/mol. The Labute approximate surface area is 166 Å². The summed E-state index contributed by atoms with van der Waals surface area (Å²) in [5.74, 6) is 0.974. The molecule has 1 aliphatic rings. The van der Waals surface area contributed by atoms with Crippen LogP contribution in [0.4, 0.5) is 5.82 Å². The topological polar surface area (TPSA) is 49.3 Å². The Bertz CT molecular complexity index is 940. The second-order valence-corrected chi connectivity index (χ2v) is 7.33. The highest BCUT2D eigenvalue weighted by atomic mass is 79.9. The molecule has 2 aromatic carbocycles. The molecule has 6 heteroatoms. The summed E-state index contributed by atoms with van der Waals surface area (Å²) in [7, 11) is 0. The quantitative estimate of drug-likeness (QED) is 0.642. The zero-order valence-corrected chi connectivity index (χ0v) is 16.3. The SMILES string of the molecule is O=C(c1cccc(Br)c1)N1CCN(c2cc(-c3ccccc3)ncn2)CC1. The van der Waals surface area contributed by atoms with Crippen LogP contribution >= 0.6 is 15.9 Å². The molecule has 1 aromatic heterocycles. The van der Waals surface area contributed by atoms with Crippen molar-refractivity contribution >= 4 is 27.7 Å². The number of anilines is 1. The van der Waals surface area contributed by atoms with Crippen LogP contribution < -0.4 is 4.90 Å². The molecular formula is C21H19BrN4O. The molecule has 27 heavy (non-hydrogen) atoms. The minimum atomic E-state index is 0.0728. The first-order chi connectivity index (χ1) is 13.2. The van der Waals surface area contributed by atoms with Crippen LogP contribution in [0.5, 0.6) is 0 Å². The van der Waals surface area contributed by atoms with Crippen molar-refractivity contribution in [3.05, 3.63) is 77.0 Å².